The third-order valence-corrected chi connectivity index (χ3v) is 3.10. The standard InChI is InChI=1S/C16H14ClNO3/c17-13-5-1-3-11(7-13)8-16(21)18-14-6-2-4-12(9-14)15(20)10-19/h1-7,9,19H,8,10H2,(H,18,21). The topological polar surface area (TPSA) is 66.4 Å². The van der Waals surface area contributed by atoms with Gasteiger partial charge in [0, 0.05) is 16.3 Å². The minimum atomic E-state index is -0.556. The molecule has 21 heavy (non-hydrogen) atoms. The van der Waals surface area contributed by atoms with Crippen LogP contribution in [0.15, 0.2) is 48.5 Å². The van der Waals surface area contributed by atoms with Crippen molar-refractivity contribution in [3.05, 3.63) is 64.7 Å². The van der Waals surface area contributed by atoms with Crippen molar-refractivity contribution >= 4 is 29.0 Å². The third-order valence-electron chi connectivity index (χ3n) is 2.87. The van der Waals surface area contributed by atoms with Gasteiger partial charge in [-0.2, -0.15) is 0 Å². The highest BCUT2D eigenvalue weighted by atomic mass is 35.5. The zero-order chi connectivity index (χ0) is 15.2. The van der Waals surface area contributed by atoms with Crippen molar-refractivity contribution in [1.29, 1.82) is 0 Å². The Morgan fingerprint density at radius 3 is 2.57 bits per heavy atom. The number of Topliss-reactive ketones (excluding diaryl/α,β-unsaturated/α-hetero) is 1. The van der Waals surface area contributed by atoms with Gasteiger partial charge in [-0.25, -0.2) is 0 Å². The summed E-state index contributed by atoms with van der Waals surface area (Å²) < 4.78 is 0. The Kier molecular flexibility index (Phi) is 5.09. The Balaban J connectivity index is 2.04. The summed E-state index contributed by atoms with van der Waals surface area (Å²) in [5.74, 6) is -0.591. The maximum atomic E-state index is 12.0. The van der Waals surface area contributed by atoms with Crippen molar-refractivity contribution < 1.29 is 14.7 Å². The predicted octanol–water partition coefficient (Wildman–Crippen LogP) is 2.70. The normalized spacial score (nSPS) is 10.2. The van der Waals surface area contributed by atoms with Crippen LogP contribution in [0.25, 0.3) is 0 Å². The summed E-state index contributed by atoms with van der Waals surface area (Å²) in [5.41, 5.74) is 1.68. The zero-order valence-electron chi connectivity index (χ0n) is 11.2. The summed E-state index contributed by atoms with van der Waals surface area (Å²) in [7, 11) is 0. The van der Waals surface area contributed by atoms with Crippen LogP contribution in [0.2, 0.25) is 5.02 Å². The number of halogens is 1. The number of benzene rings is 2. The maximum absolute atomic E-state index is 12.0. The van der Waals surface area contributed by atoms with E-state index in [4.69, 9.17) is 16.7 Å². The average Bonchev–Trinajstić information content (AvgIpc) is 2.46. The van der Waals surface area contributed by atoms with E-state index < -0.39 is 6.61 Å². The van der Waals surface area contributed by atoms with E-state index in [2.05, 4.69) is 5.32 Å². The molecule has 0 fully saturated rings. The van der Waals surface area contributed by atoms with Crippen LogP contribution in [0.5, 0.6) is 0 Å². The van der Waals surface area contributed by atoms with Gasteiger partial charge in [-0.1, -0.05) is 35.9 Å². The molecule has 0 aliphatic heterocycles. The molecule has 0 saturated carbocycles. The van der Waals surface area contributed by atoms with Crippen LogP contribution in [0, 0.1) is 0 Å². The van der Waals surface area contributed by atoms with Crippen LogP contribution in [0.1, 0.15) is 15.9 Å². The van der Waals surface area contributed by atoms with E-state index in [0.717, 1.165) is 5.56 Å². The Labute approximate surface area is 127 Å². The second-order valence-electron chi connectivity index (χ2n) is 4.52. The minimum Gasteiger partial charge on any atom is -0.388 e. The Bertz CT molecular complexity index is 670. The van der Waals surface area contributed by atoms with E-state index in [9.17, 15) is 9.59 Å². The van der Waals surface area contributed by atoms with Crippen LogP contribution < -0.4 is 5.32 Å². The molecule has 0 unspecified atom stereocenters. The molecule has 0 atom stereocenters. The van der Waals surface area contributed by atoms with Crippen LogP contribution in [-0.4, -0.2) is 23.4 Å². The number of aliphatic hydroxyl groups excluding tert-OH is 1. The van der Waals surface area contributed by atoms with Gasteiger partial charge in [-0.15, -0.1) is 0 Å². The quantitative estimate of drug-likeness (QED) is 0.835. The fourth-order valence-electron chi connectivity index (χ4n) is 1.90. The molecule has 2 rings (SSSR count). The van der Waals surface area contributed by atoms with E-state index in [1.807, 2.05) is 6.07 Å². The Hall–Kier alpha value is -2.17. The monoisotopic (exact) mass is 303 g/mol. The van der Waals surface area contributed by atoms with Crippen molar-refractivity contribution in [3.63, 3.8) is 0 Å². The number of hydrogen-bond donors (Lipinski definition) is 2. The largest absolute Gasteiger partial charge is 0.388 e. The van der Waals surface area contributed by atoms with Gasteiger partial charge in [-0.05, 0) is 29.8 Å². The Morgan fingerprint density at radius 1 is 1.10 bits per heavy atom. The van der Waals surface area contributed by atoms with Crippen molar-refractivity contribution in [2.24, 2.45) is 0 Å². The van der Waals surface area contributed by atoms with Crippen molar-refractivity contribution in [3.8, 4) is 0 Å². The maximum Gasteiger partial charge on any atom is 0.228 e. The van der Waals surface area contributed by atoms with E-state index >= 15 is 0 Å². The third kappa shape index (κ3) is 4.41. The van der Waals surface area contributed by atoms with Gasteiger partial charge >= 0.3 is 0 Å². The first-order valence-electron chi connectivity index (χ1n) is 6.37. The molecule has 0 aromatic heterocycles. The number of ketones is 1. The lowest BCUT2D eigenvalue weighted by Gasteiger charge is -2.07. The lowest BCUT2D eigenvalue weighted by molar-refractivity contribution is -0.115. The van der Waals surface area contributed by atoms with Gasteiger partial charge in [0.15, 0.2) is 5.78 Å². The lowest BCUT2D eigenvalue weighted by atomic mass is 10.1. The second kappa shape index (κ2) is 7.02. The van der Waals surface area contributed by atoms with E-state index in [0.29, 0.717) is 16.3 Å². The zero-order valence-corrected chi connectivity index (χ0v) is 11.9. The SMILES string of the molecule is O=C(Cc1cccc(Cl)c1)Nc1cccc(C(=O)CO)c1. The van der Waals surface area contributed by atoms with Gasteiger partial charge in [0.05, 0.1) is 6.42 Å². The van der Waals surface area contributed by atoms with Gasteiger partial charge in [-0.3, -0.25) is 9.59 Å². The molecular formula is C16H14ClNO3. The molecule has 0 bridgehead atoms. The van der Waals surface area contributed by atoms with E-state index in [-0.39, 0.29) is 18.1 Å². The highest BCUT2D eigenvalue weighted by Gasteiger charge is 2.08. The number of anilines is 1. The highest BCUT2D eigenvalue weighted by Crippen LogP contribution is 2.14. The molecule has 5 heteroatoms. The number of carbonyl (C=O) groups is 2. The molecule has 2 aromatic rings. The molecule has 0 heterocycles. The minimum absolute atomic E-state index is 0.193. The molecule has 2 N–H and O–H groups in total. The van der Waals surface area contributed by atoms with Crippen molar-refractivity contribution in [2.75, 3.05) is 11.9 Å². The van der Waals surface area contributed by atoms with Gasteiger partial charge in [0.2, 0.25) is 5.91 Å². The van der Waals surface area contributed by atoms with Crippen LogP contribution in [-0.2, 0) is 11.2 Å². The molecule has 0 radical (unpaired) electrons. The summed E-state index contributed by atoms with van der Waals surface area (Å²) in [6.07, 6.45) is 0.193. The molecule has 2 aromatic carbocycles. The van der Waals surface area contributed by atoms with Gasteiger partial charge < -0.3 is 10.4 Å². The summed E-state index contributed by atoms with van der Waals surface area (Å²) in [6, 6.07) is 13.5. The lowest BCUT2D eigenvalue weighted by Crippen LogP contribution is -2.15. The fraction of sp³-hybridized carbons (Fsp3) is 0.125. The number of amides is 1. The summed E-state index contributed by atoms with van der Waals surface area (Å²) in [5, 5.41) is 12.1. The Morgan fingerprint density at radius 2 is 1.86 bits per heavy atom. The average molecular weight is 304 g/mol. The summed E-state index contributed by atoms with van der Waals surface area (Å²) in [4.78, 5) is 23.4. The van der Waals surface area contributed by atoms with Crippen molar-refractivity contribution in [1.82, 2.24) is 0 Å². The van der Waals surface area contributed by atoms with Crippen LogP contribution >= 0.6 is 11.6 Å². The van der Waals surface area contributed by atoms with Gasteiger partial charge in [0.1, 0.15) is 6.61 Å². The number of aliphatic hydroxyl groups is 1. The summed E-state index contributed by atoms with van der Waals surface area (Å²) in [6.45, 7) is -0.556. The highest BCUT2D eigenvalue weighted by molar-refractivity contribution is 6.30. The number of nitrogens with one attached hydrogen (secondary N) is 1. The molecule has 4 nitrogen and oxygen atoms in total. The molecule has 0 aliphatic carbocycles. The second-order valence-corrected chi connectivity index (χ2v) is 4.95. The molecule has 1 amide bonds. The number of hydrogen-bond acceptors (Lipinski definition) is 3. The smallest absolute Gasteiger partial charge is 0.228 e. The molecule has 0 aliphatic rings. The van der Waals surface area contributed by atoms with Gasteiger partial charge in [0.25, 0.3) is 0 Å². The predicted molar refractivity (Wildman–Crippen MR) is 81.6 cm³/mol. The van der Waals surface area contributed by atoms with E-state index in [1.165, 1.54) is 6.07 Å². The fourth-order valence-corrected chi connectivity index (χ4v) is 2.11. The first-order valence-corrected chi connectivity index (χ1v) is 6.74. The van der Waals surface area contributed by atoms with Crippen LogP contribution in [0.3, 0.4) is 0 Å². The number of carbonyl (C=O) groups excluding carboxylic acids is 2. The summed E-state index contributed by atoms with van der Waals surface area (Å²) >= 11 is 5.87. The van der Waals surface area contributed by atoms with Crippen LogP contribution in [0.4, 0.5) is 5.69 Å². The molecule has 108 valence electrons. The first-order chi connectivity index (χ1) is 10.1. The molecule has 0 saturated heterocycles. The van der Waals surface area contributed by atoms with Crippen molar-refractivity contribution in [2.45, 2.75) is 6.42 Å². The first kappa shape index (κ1) is 15.2. The van der Waals surface area contributed by atoms with E-state index in [1.54, 1.807) is 36.4 Å². The molecule has 0 spiro atoms. The molecular weight excluding hydrogens is 290 g/mol. The number of rotatable bonds is 5.